The van der Waals surface area contributed by atoms with Gasteiger partial charge in [-0.3, -0.25) is 9.59 Å². The van der Waals surface area contributed by atoms with Gasteiger partial charge in [0.05, 0.1) is 6.07 Å². The van der Waals surface area contributed by atoms with Crippen LogP contribution in [-0.2, 0) is 4.79 Å². The van der Waals surface area contributed by atoms with Crippen molar-refractivity contribution in [3.05, 3.63) is 47.7 Å². The smallest absolute Gasteiger partial charge is 0.249 e. The third-order valence-electron chi connectivity index (χ3n) is 2.92. The van der Waals surface area contributed by atoms with Gasteiger partial charge >= 0.3 is 0 Å². The summed E-state index contributed by atoms with van der Waals surface area (Å²) in [7, 11) is 0. The maximum Gasteiger partial charge on any atom is 0.249 e. The lowest BCUT2D eigenvalue weighted by Gasteiger charge is -2.09. The Labute approximate surface area is 121 Å². The van der Waals surface area contributed by atoms with Gasteiger partial charge in [0.2, 0.25) is 11.7 Å². The zero-order valence-corrected chi connectivity index (χ0v) is 11.6. The molecule has 1 aromatic heterocycles. The van der Waals surface area contributed by atoms with Crippen LogP contribution >= 0.6 is 0 Å². The molecule has 1 atom stereocenters. The van der Waals surface area contributed by atoms with E-state index in [0.717, 1.165) is 12.0 Å². The Bertz CT molecular complexity index is 728. The van der Waals surface area contributed by atoms with Crippen LogP contribution in [0.15, 0.2) is 35.1 Å². The molecule has 1 heterocycles. The number of ketones is 1. The molecule has 6 nitrogen and oxygen atoms in total. The van der Waals surface area contributed by atoms with Gasteiger partial charge in [-0.05, 0) is 31.5 Å². The van der Waals surface area contributed by atoms with E-state index >= 15 is 0 Å². The maximum absolute atomic E-state index is 12.2. The molecule has 1 unspecified atom stereocenters. The number of carbonyl (C=O) groups excluding carboxylic acids is 2. The molecule has 1 aromatic carbocycles. The number of rotatable bonds is 4. The van der Waals surface area contributed by atoms with Crippen molar-refractivity contribution >= 4 is 17.4 Å². The van der Waals surface area contributed by atoms with Crippen molar-refractivity contribution in [2.24, 2.45) is 5.92 Å². The minimum Gasteiger partial charge on any atom is -0.448 e. The van der Waals surface area contributed by atoms with Crippen LogP contribution in [0.4, 0.5) is 5.69 Å². The highest BCUT2D eigenvalue weighted by molar-refractivity contribution is 6.15. The van der Waals surface area contributed by atoms with Crippen LogP contribution in [-0.4, -0.2) is 16.7 Å². The highest BCUT2D eigenvalue weighted by atomic mass is 16.3. The quantitative estimate of drug-likeness (QED) is 0.685. The molecule has 0 aliphatic rings. The Kier molecular flexibility index (Phi) is 4.14. The number of oxazole rings is 1. The topological polar surface area (TPSA) is 96.0 Å². The van der Waals surface area contributed by atoms with E-state index in [0.29, 0.717) is 5.69 Å². The normalized spacial score (nSPS) is 11.5. The third kappa shape index (κ3) is 3.15. The summed E-state index contributed by atoms with van der Waals surface area (Å²) in [6.07, 6.45) is 1.11. The summed E-state index contributed by atoms with van der Waals surface area (Å²) < 4.78 is 4.92. The van der Waals surface area contributed by atoms with Crippen LogP contribution in [0, 0.1) is 31.1 Å². The van der Waals surface area contributed by atoms with Crippen LogP contribution in [0.25, 0.3) is 0 Å². The Morgan fingerprint density at radius 2 is 2.14 bits per heavy atom. The van der Waals surface area contributed by atoms with Crippen molar-refractivity contribution < 1.29 is 14.0 Å². The lowest BCUT2D eigenvalue weighted by Crippen LogP contribution is -2.29. The van der Waals surface area contributed by atoms with E-state index in [1.165, 1.54) is 0 Å². The van der Waals surface area contributed by atoms with Crippen LogP contribution < -0.4 is 5.32 Å². The van der Waals surface area contributed by atoms with E-state index in [4.69, 9.17) is 9.68 Å². The number of carbonyl (C=O) groups is 2. The molecule has 0 bridgehead atoms. The molecule has 1 N–H and O–H groups in total. The molecular weight excluding hydrogens is 270 g/mol. The lowest BCUT2D eigenvalue weighted by atomic mass is 10.0. The summed E-state index contributed by atoms with van der Waals surface area (Å²) in [5.41, 5.74) is 1.49. The van der Waals surface area contributed by atoms with Gasteiger partial charge in [0, 0.05) is 5.69 Å². The molecule has 1 amide bonds. The summed E-state index contributed by atoms with van der Waals surface area (Å²) in [4.78, 5) is 28.0. The molecule has 6 heteroatoms. The number of nitrogens with zero attached hydrogens (tertiary/aromatic N) is 2. The third-order valence-corrected chi connectivity index (χ3v) is 2.92. The van der Waals surface area contributed by atoms with Gasteiger partial charge < -0.3 is 9.73 Å². The lowest BCUT2D eigenvalue weighted by molar-refractivity contribution is -0.117. The van der Waals surface area contributed by atoms with Gasteiger partial charge in [-0.15, -0.1) is 0 Å². The SMILES string of the molecule is Cc1cccc(NC(=O)C(C#N)C(=O)c2ncoc2C)c1. The highest BCUT2D eigenvalue weighted by Gasteiger charge is 2.30. The predicted molar refractivity (Wildman–Crippen MR) is 74.5 cm³/mol. The van der Waals surface area contributed by atoms with Gasteiger partial charge in [-0.25, -0.2) is 4.98 Å². The number of Topliss-reactive ketones (excluding diaryl/α,β-unsaturated/α-hetero) is 1. The fourth-order valence-electron chi connectivity index (χ4n) is 1.85. The number of amides is 1. The van der Waals surface area contributed by atoms with Crippen LogP contribution in [0.1, 0.15) is 21.8 Å². The van der Waals surface area contributed by atoms with Crippen LogP contribution in [0.3, 0.4) is 0 Å². The second kappa shape index (κ2) is 6.01. The Morgan fingerprint density at radius 1 is 1.38 bits per heavy atom. The fraction of sp³-hybridized carbons (Fsp3) is 0.200. The van der Waals surface area contributed by atoms with Gasteiger partial charge in [-0.2, -0.15) is 5.26 Å². The molecule has 0 aliphatic heterocycles. The number of nitriles is 1. The highest BCUT2D eigenvalue weighted by Crippen LogP contribution is 2.15. The number of nitrogens with one attached hydrogen (secondary N) is 1. The first-order chi connectivity index (χ1) is 10.0. The molecule has 0 aliphatic carbocycles. The van der Waals surface area contributed by atoms with Gasteiger partial charge in [0.25, 0.3) is 0 Å². The van der Waals surface area contributed by atoms with Crippen LogP contribution in [0.5, 0.6) is 0 Å². The molecule has 21 heavy (non-hydrogen) atoms. The maximum atomic E-state index is 12.2. The molecular formula is C15H13N3O3. The molecule has 0 saturated carbocycles. The Hall–Kier alpha value is -2.94. The molecule has 0 saturated heterocycles. The fourth-order valence-corrected chi connectivity index (χ4v) is 1.85. The molecule has 2 rings (SSSR count). The zero-order valence-electron chi connectivity index (χ0n) is 11.6. The molecule has 106 valence electrons. The predicted octanol–water partition coefficient (Wildman–Crippen LogP) is 2.25. The van der Waals surface area contributed by atoms with Crippen molar-refractivity contribution in [2.75, 3.05) is 5.32 Å². The first-order valence-electron chi connectivity index (χ1n) is 6.24. The number of hydrogen-bond donors (Lipinski definition) is 1. The van der Waals surface area contributed by atoms with Gasteiger partial charge in [-0.1, -0.05) is 12.1 Å². The second-order valence-corrected chi connectivity index (χ2v) is 4.54. The van der Waals surface area contributed by atoms with Gasteiger partial charge in [0.1, 0.15) is 11.5 Å². The van der Waals surface area contributed by atoms with E-state index in [9.17, 15) is 9.59 Å². The molecule has 0 fully saturated rings. The van der Waals surface area contributed by atoms with Crippen LogP contribution in [0.2, 0.25) is 0 Å². The standard InChI is InChI=1S/C15H13N3O3/c1-9-4-3-5-11(6-9)18-15(20)12(7-16)14(19)13-10(2)21-8-17-13/h3-6,8,12H,1-2H3,(H,18,20). The number of anilines is 1. The number of aryl methyl sites for hydroxylation is 2. The van der Waals surface area contributed by atoms with E-state index in [1.54, 1.807) is 31.2 Å². The number of aromatic nitrogens is 1. The number of benzene rings is 1. The van der Waals surface area contributed by atoms with E-state index < -0.39 is 17.6 Å². The number of hydrogen-bond acceptors (Lipinski definition) is 5. The Morgan fingerprint density at radius 3 is 2.71 bits per heavy atom. The van der Waals surface area contributed by atoms with Crippen molar-refractivity contribution in [2.45, 2.75) is 13.8 Å². The zero-order chi connectivity index (χ0) is 15.4. The Balaban J connectivity index is 2.18. The van der Waals surface area contributed by atoms with Crippen molar-refractivity contribution in [1.82, 2.24) is 4.98 Å². The average Bonchev–Trinajstić information content (AvgIpc) is 2.85. The van der Waals surface area contributed by atoms with E-state index in [2.05, 4.69) is 10.3 Å². The second-order valence-electron chi connectivity index (χ2n) is 4.54. The molecule has 0 spiro atoms. The minimum atomic E-state index is -1.46. The molecule has 2 aromatic rings. The summed E-state index contributed by atoms with van der Waals surface area (Å²) in [5, 5.41) is 11.7. The summed E-state index contributed by atoms with van der Waals surface area (Å²) >= 11 is 0. The van der Waals surface area contributed by atoms with E-state index in [1.807, 2.05) is 13.0 Å². The monoisotopic (exact) mass is 283 g/mol. The summed E-state index contributed by atoms with van der Waals surface area (Å²) in [6.45, 7) is 3.43. The minimum absolute atomic E-state index is 0.000872. The van der Waals surface area contributed by atoms with Crippen molar-refractivity contribution in [3.63, 3.8) is 0 Å². The first kappa shape index (κ1) is 14.5. The van der Waals surface area contributed by atoms with E-state index in [-0.39, 0.29) is 11.5 Å². The summed E-state index contributed by atoms with van der Waals surface area (Å²) in [6, 6.07) is 8.79. The molecule has 0 radical (unpaired) electrons. The van der Waals surface area contributed by atoms with Gasteiger partial charge in [0.15, 0.2) is 12.3 Å². The van der Waals surface area contributed by atoms with Crippen molar-refractivity contribution in [3.8, 4) is 6.07 Å². The summed E-state index contributed by atoms with van der Waals surface area (Å²) in [5.74, 6) is -2.54. The van der Waals surface area contributed by atoms with Crippen molar-refractivity contribution in [1.29, 1.82) is 5.26 Å². The largest absolute Gasteiger partial charge is 0.448 e. The average molecular weight is 283 g/mol. The first-order valence-corrected chi connectivity index (χ1v) is 6.24.